The van der Waals surface area contributed by atoms with E-state index >= 15 is 0 Å². The zero-order valence-electron chi connectivity index (χ0n) is 10.5. The van der Waals surface area contributed by atoms with E-state index in [0.29, 0.717) is 6.10 Å². The molecule has 0 bridgehead atoms. The fourth-order valence-corrected chi connectivity index (χ4v) is 2.23. The molecule has 0 radical (unpaired) electrons. The summed E-state index contributed by atoms with van der Waals surface area (Å²) < 4.78 is 5.61. The van der Waals surface area contributed by atoms with Gasteiger partial charge in [-0.15, -0.1) is 0 Å². The Balaban J connectivity index is 2.23. The van der Waals surface area contributed by atoms with Gasteiger partial charge >= 0.3 is 0 Å². The van der Waals surface area contributed by atoms with Crippen LogP contribution in [0.4, 0.5) is 0 Å². The van der Waals surface area contributed by atoms with E-state index in [0.717, 1.165) is 25.7 Å². The van der Waals surface area contributed by atoms with Crippen LogP contribution < -0.4 is 5.32 Å². The van der Waals surface area contributed by atoms with Crippen LogP contribution in [0.3, 0.4) is 0 Å². The summed E-state index contributed by atoms with van der Waals surface area (Å²) in [5, 5.41) is 3.28. The number of likely N-dealkylation sites (N-methyl/N-ethyl adjacent to an activating group) is 1. The molecule has 1 aliphatic rings. The number of nitrogens with zero attached hydrogens (tertiary/aromatic N) is 1. The van der Waals surface area contributed by atoms with E-state index in [-0.39, 0.29) is 0 Å². The highest BCUT2D eigenvalue weighted by Crippen LogP contribution is 2.15. The second-order valence-corrected chi connectivity index (χ2v) is 4.66. The van der Waals surface area contributed by atoms with Crippen LogP contribution in [0, 0.1) is 0 Å². The smallest absolute Gasteiger partial charge is 0.0597 e. The molecule has 1 atom stereocenters. The first-order valence-electron chi connectivity index (χ1n) is 6.24. The Labute approximate surface area is 94.2 Å². The number of piperidine rings is 1. The number of rotatable bonds is 6. The predicted octanol–water partition coefficient (Wildman–Crippen LogP) is 1.49. The van der Waals surface area contributed by atoms with Crippen molar-refractivity contribution in [2.45, 2.75) is 45.3 Å². The minimum Gasteiger partial charge on any atom is -0.377 e. The molecule has 0 spiro atoms. The third-order valence-electron chi connectivity index (χ3n) is 3.02. The first-order valence-corrected chi connectivity index (χ1v) is 6.24. The van der Waals surface area contributed by atoms with Gasteiger partial charge < -0.3 is 10.1 Å². The van der Waals surface area contributed by atoms with Gasteiger partial charge in [-0.1, -0.05) is 6.42 Å². The summed E-state index contributed by atoms with van der Waals surface area (Å²) in [6.45, 7) is 8.51. The molecule has 1 rings (SSSR count). The standard InChI is InChI=1S/C12H26N2O/c1-11(2)15-9-8-14-7-5-4-6-12(14)10-13-3/h11-13H,4-10H2,1-3H3. The monoisotopic (exact) mass is 214 g/mol. The van der Waals surface area contributed by atoms with E-state index in [1.807, 2.05) is 7.05 Å². The van der Waals surface area contributed by atoms with Gasteiger partial charge in [-0.25, -0.2) is 0 Å². The quantitative estimate of drug-likeness (QED) is 0.725. The van der Waals surface area contributed by atoms with Crippen molar-refractivity contribution in [3.8, 4) is 0 Å². The van der Waals surface area contributed by atoms with Crippen LogP contribution in [0.5, 0.6) is 0 Å². The molecular weight excluding hydrogens is 188 g/mol. The van der Waals surface area contributed by atoms with Gasteiger partial charge in [0.2, 0.25) is 0 Å². The van der Waals surface area contributed by atoms with Crippen LogP contribution in [0.15, 0.2) is 0 Å². The van der Waals surface area contributed by atoms with E-state index in [2.05, 4.69) is 24.1 Å². The van der Waals surface area contributed by atoms with E-state index in [1.54, 1.807) is 0 Å². The van der Waals surface area contributed by atoms with Crippen molar-refractivity contribution < 1.29 is 4.74 Å². The van der Waals surface area contributed by atoms with Gasteiger partial charge in [0, 0.05) is 19.1 Å². The molecule has 90 valence electrons. The maximum absolute atomic E-state index is 5.61. The molecule has 0 saturated carbocycles. The maximum Gasteiger partial charge on any atom is 0.0597 e. The van der Waals surface area contributed by atoms with Crippen molar-refractivity contribution in [3.05, 3.63) is 0 Å². The largest absolute Gasteiger partial charge is 0.377 e. The third-order valence-corrected chi connectivity index (χ3v) is 3.02. The lowest BCUT2D eigenvalue weighted by Gasteiger charge is -2.35. The molecule has 3 heteroatoms. The van der Waals surface area contributed by atoms with E-state index in [9.17, 15) is 0 Å². The van der Waals surface area contributed by atoms with E-state index in [4.69, 9.17) is 4.74 Å². The van der Waals surface area contributed by atoms with Gasteiger partial charge in [-0.2, -0.15) is 0 Å². The molecule has 1 fully saturated rings. The minimum absolute atomic E-state index is 0.359. The Morgan fingerprint density at radius 1 is 1.40 bits per heavy atom. The van der Waals surface area contributed by atoms with Gasteiger partial charge in [0.05, 0.1) is 12.7 Å². The lowest BCUT2D eigenvalue weighted by Crippen LogP contribution is -2.46. The molecule has 15 heavy (non-hydrogen) atoms. The van der Waals surface area contributed by atoms with Gasteiger partial charge in [0.1, 0.15) is 0 Å². The molecule has 1 N–H and O–H groups in total. The highest BCUT2D eigenvalue weighted by atomic mass is 16.5. The Morgan fingerprint density at radius 2 is 2.20 bits per heavy atom. The molecule has 0 aliphatic carbocycles. The zero-order valence-corrected chi connectivity index (χ0v) is 10.5. The molecule has 1 aliphatic heterocycles. The Hall–Kier alpha value is -0.120. The van der Waals surface area contributed by atoms with Crippen molar-refractivity contribution in [1.82, 2.24) is 10.2 Å². The molecule has 0 amide bonds. The first-order chi connectivity index (χ1) is 7.24. The molecule has 0 aromatic carbocycles. The summed E-state index contributed by atoms with van der Waals surface area (Å²) in [4.78, 5) is 2.57. The fourth-order valence-electron chi connectivity index (χ4n) is 2.23. The molecule has 1 saturated heterocycles. The molecule has 3 nitrogen and oxygen atoms in total. The minimum atomic E-state index is 0.359. The molecule has 1 unspecified atom stereocenters. The highest BCUT2D eigenvalue weighted by Gasteiger charge is 2.20. The average molecular weight is 214 g/mol. The van der Waals surface area contributed by atoms with Crippen LogP contribution in [0.1, 0.15) is 33.1 Å². The number of likely N-dealkylation sites (tertiary alicyclic amines) is 1. The summed E-state index contributed by atoms with van der Waals surface area (Å²) in [5.41, 5.74) is 0. The van der Waals surface area contributed by atoms with E-state index < -0.39 is 0 Å². The Bertz CT molecular complexity index is 160. The van der Waals surface area contributed by atoms with Crippen LogP contribution >= 0.6 is 0 Å². The summed E-state index contributed by atoms with van der Waals surface area (Å²) in [5.74, 6) is 0. The summed E-state index contributed by atoms with van der Waals surface area (Å²) in [6, 6.07) is 0.722. The first kappa shape index (κ1) is 12.9. The van der Waals surface area contributed by atoms with E-state index in [1.165, 1.54) is 25.8 Å². The lowest BCUT2D eigenvalue weighted by molar-refractivity contribution is 0.0404. The highest BCUT2D eigenvalue weighted by molar-refractivity contribution is 4.78. The SMILES string of the molecule is CNCC1CCCCN1CCOC(C)C. The van der Waals surface area contributed by atoms with Gasteiger partial charge in [-0.05, 0) is 40.3 Å². The fraction of sp³-hybridized carbons (Fsp3) is 1.00. The second-order valence-electron chi connectivity index (χ2n) is 4.66. The van der Waals surface area contributed by atoms with Gasteiger partial charge in [-0.3, -0.25) is 4.90 Å². The lowest BCUT2D eigenvalue weighted by atomic mass is 10.0. The Morgan fingerprint density at radius 3 is 2.87 bits per heavy atom. The second kappa shape index (κ2) is 7.20. The molecule has 1 heterocycles. The molecular formula is C12H26N2O. The summed E-state index contributed by atoms with van der Waals surface area (Å²) >= 11 is 0. The van der Waals surface area contributed by atoms with Crippen molar-refractivity contribution in [2.24, 2.45) is 0 Å². The van der Waals surface area contributed by atoms with Crippen molar-refractivity contribution >= 4 is 0 Å². The van der Waals surface area contributed by atoms with Crippen LogP contribution in [0.25, 0.3) is 0 Å². The third kappa shape index (κ3) is 4.96. The number of hydrogen-bond donors (Lipinski definition) is 1. The summed E-state index contributed by atoms with van der Waals surface area (Å²) in [7, 11) is 2.04. The molecule has 0 aromatic rings. The Kier molecular flexibility index (Phi) is 6.22. The van der Waals surface area contributed by atoms with Gasteiger partial charge in [0.25, 0.3) is 0 Å². The van der Waals surface area contributed by atoms with Crippen molar-refractivity contribution in [2.75, 3.05) is 33.3 Å². The van der Waals surface area contributed by atoms with Crippen molar-refractivity contribution in [1.29, 1.82) is 0 Å². The maximum atomic E-state index is 5.61. The normalized spacial score (nSPS) is 23.6. The average Bonchev–Trinajstić information content (AvgIpc) is 2.20. The summed E-state index contributed by atoms with van der Waals surface area (Å²) in [6.07, 6.45) is 4.43. The topological polar surface area (TPSA) is 24.5 Å². The van der Waals surface area contributed by atoms with Gasteiger partial charge in [0.15, 0.2) is 0 Å². The predicted molar refractivity (Wildman–Crippen MR) is 64.2 cm³/mol. The van der Waals surface area contributed by atoms with Crippen LogP contribution in [0.2, 0.25) is 0 Å². The van der Waals surface area contributed by atoms with Crippen LogP contribution in [-0.2, 0) is 4.74 Å². The number of hydrogen-bond acceptors (Lipinski definition) is 3. The molecule has 0 aromatic heterocycles. The van der Waals surface area contributed by atoms with Crippen LogP contribution in [-0.4, -0.2) is 50.3 Å². The number of nitrogens with one attached hydrogen (secondary N) is 1. The number of ether oxygens (including phenoxy) is 1. The zero-order chi connectivity index (χ0) is 11.1. The van der Waals surface area contributed by atoms with Crippen molar-refractivity contribution in [3.63, 3.8) is 0 Å².